The van der Waals surface area contributed by atoms with Crippen LogP contribution in [0.4, 0.5) is 10.5 Å². The lowest BCUT2D eigenvalue weighted by molar-refractivity contribution is 0.177. The number of hydrazone groups is 1. The van der Waals surface area contributed by atoms with Crippen LogP contribution in [-0.4, -0.2) is 25.0 Å². The smallest absolute Gasteiger partial charge is 0.407 e. The number of nitrogens with zero attached hydrogens (tertiary/aromatic N) is 2. The van der Waals surface area contributed by atoms with Crippen LogP contribution in [0, 0.1) is 11.3 Å². The molecule has 1 atom stereocenters. The average Bonchev–Trinajstić information content (AvgIpc) is 2.82. The Balaban J connectivity index is 1.84. The van der Waals surface area contributed by atoms with Gasteiger partial charge in [0.2, 0.25) is 0 Å². The summed E-state index contributed by atoms with van der Waals surface area (Å²) in [6, 6.07) is 9.74. The van der Waals surface area contributed by atoms with Gasteiger partial charge in [-0.1, -0.05) is 12.1 Å². The Kier molecular flexibility index (Phi) is 4.34. The molecule has 1 aliphatic heterocycles. The Labute approximate surface area is 111 Å². The fourth-order valence-electron chi connectivity index (χ4n) is 1.74. The number of carbonyl (C=O) groups excluding carboxylic acids is 1. The first-order valence-corrected chi connectivity index (χ1v) is 5.94. The lowest BCUT2D eigenvalue weighted by atomic mass is 10.1. The summed E-state index contributed by atoms with van der Waals surface area (Å²) in [6.45, 7) is 0.414. The molecular formula is C13H14N4O2. The van der Waals surface area contributed by atoms with Gasteiger partial charge in [-0.2, -0.15) is 10.4 Å². The van der Waals surface area contributed by atoms with E-state index >= 15 is 0 Å². The number of cyclic esters (lactones) is 1. The molecule has 19 heavy (non-hydrogen) atoms. The first kappa shape index (κ1) is 12.9. The van der Waals surface area contributed by atoms with E-state index in [4.69, 9.17) is 10.00 Å². The molecule has 1 aromatic carbocycles. The van der Waals surface area contributed by atoms with Gasteiger partial charge in [-0.15, -0.1) is 0 Å². The standard InChI is InChI=1S/C13H14N4O2/c14-6-1-7-15-17-11-4-2-10(3-5-11)8-12-9-19-13(18)16-12/h2-5,7,12,17H,1,8-9H2,(H,16,18)/b15-7+/t12-/m0/s1. The van der Waals surface area contributed by atoms with E-state index in [-0.39, 0.29) is 18.6 Å². The van der Waals surface area contributed by atoms with Crippen LogP contribution in [0.25, 0.3) is 0 Å². The molecule has 1 saturated heterocycles. The van der Waals surface area contributed by atoms with Gasteiger partial charge in [0.25, 0.3) is 0 Å². The van der Waals surface area contributed by atoms with E-state index in [1.807, 2.05) is 30.3 Å². The summed E-state index contributed by atoms with van der Waals surface area (Å²) in [6.07, 6.45) is 2.19. The van der Waals surface area contributed by atoms with Crippen LogP contribution in [0.3, 0.4) is 0 Å². The number of hydrogen-bond acceptors (Lipinski definition) is 5. The second-order valence-electron chi connectivity index (χ2n) is 4.13. The van der Waals surface area contributed by atoms with E-state index in [0.717, 1.165) is 17.7 Å². The van der Waals surface area contributed by atoms with Gasteiger partial charge in [0.15, 0.2) is 0 Å². The van der Waals surface area contributed by atoms with Crippen molar-refractivity contribution >= 4 is 18.0 Å². The number of nitriles is 1. The molecular weight excluding hydrogens is 244 g/mol. The highest BCUT2D eigenvalue weighted by Gasteiger charge is 2.21. The van der Waals surface area contributed by atoms with E-state index in [0.29, 0.717) is 6.61 Å². The zero-order valence-corrected chi connectivity index (χ0v) is 10.3. The zero-order chi connectivity index (χ0) is 13.5. The summed E-state index contributed by atoms with van der Waals surface area (Å²) in [4.78, 5) is 10.9. The van der Waals surface area contributed by atoms with Gasteiger partial charge < -0.3 is 10.1 Å². The Bertz CT molecular complexity index is 504. The second kappa shape index (κ2) is 6.40. The van der Waals surface area contributed by atoms with Gasteiger partial charge in [-0.3, -0.25) is 5.43 Å². The van der Waals surface area contributed by atoms with Gasteiger partial charge in [0, 0.05) is 6.21 Å². The monoisotopic (exact) mass is 258 g/mol. The van der Waals surface area contributed by atoms with Crippen LogP contribution in [0.5, 0.6) is 0 Å². The lowest BCUT2D eigenvalue weighted by Gasteiger charge is -2.07. The number of rotatable bonds is 5. The van der Waals surface area contributed by atoms with Gasteiger partial charge in [-0.25, -0.2) is 4.79 Å². The van der Waals surface area contributed by atoms with Gasteiger partial charge >= 0.3 is 6.09 Å². The molecule has 1 fully saturated rings. The maximum Gasteiger partial charge on any atom is 0.407 e. The van der Waals surface area contributed by atoms with Gasteiger partial charge in [0.05, 0.1) is 24.2 Å². The predicted octanol–water partition coefficient (Wildman–Crippen LogP) is 1.65. The van der Waals surface area contributed by atoms with E-state index < -0.39 is 0 Å². The van der Waals surface area contributed by atoms with Crippen molar-refractivity contribution < 1.29 is 9.53 Å². The Hall–Kier alpha value is -2.55. The molecule has 1 aliphatic rings. The molecule has 6 nitrogen and oxygen atoms in total. The van der Waals surface area contributed by atoms with Crippen molar-refractivity contribution in [2.75, 3.05) is 12.0 Å². The predicted molar refractivity (Wildman–Crippen MR) is 70.8 cm³/mol. The molecule has 0 aliphatic carbocycles. The van der Waals surface area contributed by atoms with Crippen LogP contribution in [-0.2, 0) is 11.2 Å². The number of anilines is 1. The fraction of sp³-hybridized carbons (Fsp3) is 0.308. The number of alkyl carbamates (subject to hydrolysis) is 1. The highest BCUT2D eigenvalue weighted by atomic mass is 16.6. The van der Waals surface area contributed by atoms with Crippen LogP contribution in [0.2, 0.25) is 0 Å². The number of benzene rings is 1. The number of ether oxygens (including phenoxy) is 1. The van der Waals surface area contributed by atoms with Crippen molar-refractivity contribution in [1.82, 2.24) is 5.32 Å². The fourth-order valence-corrected chi connectivity index (χ4v) is 1.74. The minimum atomic E-state index is -0.352. The molecule has 0 bridgehead atoms. The van der Waals surface area contributed by atoms with Gasteiger partial charge in [-0.05, 0) is 24.1 Å². The summed E-state index contributed by atoms with van der Waals surface area (Å²) >= 11 is 0. The Morgan fingerprint density at radius 2 is 2.32 bits per heavy atom. The molecule has 1 amide bonds. The molecule has 0 radical (unpaired) electrons. The third-order valence-corrected chi connectivity index (χ3v) is 2.64. The summed E-state index contributed by atoms with van der Waals surface area (Å²) in [5.74, 6) is 0. The first-order chi connectivity index (χ1) is 9.28. The number of hydrogen-bond donors (Lipinski definition) is 2. The zero-order valence-electron chi connectivity index (χ0n) is 10.3. The minimum Gasteiger partial charge on any atom is -0.447 e. The van der Waals surface area contributed by atoms with Crippen LogP contribution < -0.4 is 10.7 Å². The maximum absolute atomic E-state index is 10.9. The summed E-state index contributed by atoms with van der Waals surface area (Å²) in [5, 5.41) is 15.0. The molecule has 6 heteroatoms. The van der Waals surface area contributed by atoms with E-state index in [2.05, 4.69) is 15.8 Å². The molecule has 2 rings (SSSR count). The number of amides is 1. The van der Waals surface area contributed by atoms with Crippen LogP contribution in [0.15, 0.2) is 29.4 Å². The van der Waals surface area contributed by atoms with Gasteiger partial charge in [0.1, 0.15) is 6.61 Å². The summed E-state index contributed by atoms with van der Waals surface area (Å²) in [5.41, 5.74) is 4.80. The van der Waals surface area contributed by atoms with E-state index in [1.54, 1.807) is 0 Å². The molecule has 98 valence electrons. The summed E-state index contributed by atoms with van der Waals surface area (Å²) < 4.78 is 4.83. The van der Waals surface area contributed by atoms with Crippen molar-refractivity contribution in [1.29, 1.82) is 5.26 Å². The number of carbonyl (C=O) groups is 1. The maximum atomic E-state index is 10.9. The normalized spacial score (nSPS) is 17.8. The highest BCUT2D eigenvalue weighted by molar-refractivity contribution is 5.69. The van der Waals surface area contributed by atoms with Crippen molar-refractivity contribution in [3.8, 4) is 6.07 Å². The second-order valence-corrected chi connectivity index (χ2v) is 4.13. The van der Waals surface area contributed by atoms with Crippen LogP contribution >= 0.6 is 0 Å². The minimum absolute atomic E-state index is 0.0416. The van der Waals surface area contributed by atoms with E-state index in [9.17, 15) is 4.79 Å². The molecule has 1 heterocycles. The average molecular weight is 258 g/mol. The van der Waals surface area contributed by atoms with Crippen molar-refractivity contribution in [2.24, 2.45) is 5.10 Å². The Morgan fingerprint density at radius 1 is 1.53 bits per heavy atom. The van der Waals surface area contributed by atoms with Crippen molar-refractivity contribution in [3.63, 3.8) is 0 Å². The third-order valence-electron chi connectivity index (χ3n) is 2.64. The molecule has 0 unspecified atom stereocenters. The van der Waals surface area contributed by atoms with E-state index in [1.165, 1.54) is 6.21 Å². The quantitative estimate of drug-likeness (QED) is 0.621. The van der Waals surface area contributed by atoms with Crippen LogP contribution in [0.1, 0.15) is 12.0 Å². The molecule has 2 N–H and O–H groups in total. The molecule has 0 saturated carbocycles. The van der Waals surface area contributed by atoms with Crippen molar-refractivity contribution in [3.05, 3.63) is 29.8 Å². The SMILES string of the molecule is N#CC/C=N/Nc1ccc(C[C@H]2COC(=O)N2)cc1. The first-order valence-electron chi connectivity index (χ1n) is 5.94. The summed E-state index contributed by atoms with van der Waals surface area (Å²) in [7, 11) is 0. The topological polar surface area (TPSA) is 86.5 Å². The molecule has 0 aromatic heterocycles. The largest absolute Gasteiger partial charge is 0.447 e. The van der Waals surface area contributed by atoms with Crippen molar-refractivity contribution in [2.45, 2.75) is 18.9 Å². The highest BCUT2D eigenvalue weighted by Crippen LogP contribution is 2.12. The lowest BCUT2D eigenvalue weighted by Crippen LogP contribution is -2.28. The third kappa shape index (κ3) is 4.00. The molecule has 0 spiro atoms. The molecule has 1 aromatic rings. The Morgan fingerprint density at radius 3 is 2.95 bits per heavy atom. The number of nitrogens with one attached hydrogen (secondary N) is 2.